The number of carbonyl (C=O) groups is 4. The lowest BCUT2D eigenvalue weighted by Gasteiger charge is -2.19. The number of ether oxygens (including phenoxy) is 3. The molecule has 0 aromatic heterocycles. The minimum absolute atomic E-state index is 0.0824. The third kappa shape index (κ3) is 8.95. The van der Waals surface area contributed by atoms with Gasteiger partial charge in [-0.05, 0) is 23.3 Å². The van der Waals surface area contributed by atoms with Crippen molar-refractivity contribution in [2.45, 2.75) is 31.7 Å². The summed E-state index contributed by atoms with van der Waals surface area (Å²) in [4.78, 5) is 47.1. The summed E-state index contributed by atoms with van der Waals surface area (Å²) in [6, 6.07) is 12.3. The molecule has 0 unspecified atom stereocenters. The van der Waals surface area contributed by atoms with E-state index in [1.165, 1.54) is 24.3 Å². The Morgan fingerprint density at radius 2 is 1.60 bits per heavy atom. The van der Waals surface area contributed by atoms with Gasteiger partial charge in [0.1, 0.15) is 18.4 Å². The maximum Gasteiger partial charge on any atom is 0.471 e. The van der Waals surface area contributed by atoms with Crippen molar-refractivity contribution < 1.29 is 46.6 Å². The van der Waals surface area contributed by atoms with Crippen LogP contribution in [0.15, 0.2) is 66.7 Å². The minimum atomic E-state index is -5.19. The van der Waals surface area contributed by atoms with Gasteiger partial charge in [-0.1, -0.05) is 49.0 Å². The average Bonchev–Trinajstić information content (AvgIpc) is 2.82. The van der Waals surface area contributed by atoms with Crippen LogP contribution < -0.4 is 10.1 Å². The summed E-state index contributed by atoms with van der Waals surface area (Å²) in [7, 11) is 1.14. The van der Waals surface area contributed by atoms with E-state index in [0.29, 0.717) is 11.1 Å². The first-order valence-electron chi connectivity index (χ1n) is 10.1. The Morgan fingerprint density at radius 1 is 0.971 bits per heavy atom. The van der Waals surface area contributed by atoms with E-state index in [0.717, 1.165) is 7.11 Å². The molecule has 0 saturated heterocycles. The lowest BCUT2D eigenvalue weighted by atomic mass is 10.1. The van der Waals surface area contributed by atoms with Gasteiger partial charge < -0.3 is 19.5 Å². The van der Waals surface area contributed by atoms with Crippen molar-refractivity contribution in [1.29, 1.82) is 0 Å². The molecular weight excluding hydrogens is 471 g/mol. The number of amides is 1. The number of halogens is 3. The van der Waals surface area contributed by atoms with Crippen LogP contribution in [0.25, 0.3) is 0 Å². The molecule has 11 heteroatoms. The van der Waals surface area contributed by atoms with Gasteiger partial charge in [-0.2, -0.15) is 13.2 Å². The van der Waals surface area contributed by atoms with E-state index in [-0.39, 0.29) is 24.4 Å². The van der Waals surface area contributed by atoms with E-state index in [9.17, 15) is 32.3 Å². The molecule has 8 nitrogen and oxygen atoms in total. The first-order chi connectivity index (χ1) is 16.5. The fourth-order valence-corrected chi connectivity index (χ4v) is 2.75. The molecule has 0 fully saturated rings. The Kier molecular flexibility index (Phi) is 9.56. The van der Waals surface area contributed by atoms with Crippen LogP contribution in [0.5, 0.6) is 5.75 Å². The van der Waals surface area contributed by atoms with Crippen LogP contribution in [0.4, 0.5) is 13.2 Å². The van der Waals surface area contributed by atoms with Gasteiger partial charge in [0.05, 0.1) is 13.5 Å². The number of carbonyl (C=O) groups excluding carboxylic acids is 4. The third-order valence-corrected chi connectivity index (χ3v) is 4.50. The van der Waals surface area contributed by atoms with Gasteiger partial charge >= 0.3 is 30.0 Å². The van der Waals surface area contributed by atoms with E-state index in [1.807, 2.05) is 0 Å². The fraction of sp³-hybridized carbons (Fsp3) is 0.250. The standard InChI is InChI=1S/C24H22F3NO7/c1-15(21(30)33-2)12-20(29)35-18-10-8-16(9-11-18)13-19(28-23(32)24(25,26)27)22(31)34-14-17-6-4-3-5-7-17/h3-11,19H,1,12-14H2,2H3,(H,28,32)/t19-/m0/s1. The maximum absolute atomic E-state index is 12.8. The van der Waals surface area contributed by atoms with E-state index in [2.05, 4.69) is 11.3 Å². The lowest BCUT2D eigenvalue weighted by molar-refractivity contribution is -0.176. The Bertz CT molecular complexity index is 1070. The minimum Gasteiger partial charge on any atom is -0.466 e. The molecule has 1 atom stereocenters. The molecule has 0 bridgehead atoms. The Morgan fingerprint density at radius 3 is 2.17 bits per heavy atom. The Labute approximate surface area is 198 Å². The van der Waals surface area contributed by atoms with Crippen LogP contribution in [0.1, 0.15) is 17.5 Å². The summed E-state index contributed by atoms with van der Waals surface area (Å²) in [5, 5.41) is 1.65. The van der Waals surface area contributed by atoms with Crippen LogP contribution in [0.3, 0.4) is 0 Å². The zero-order valence-corrected chi connectivity index (χ0v) is 18.6. The van der Waals surface area contributed by atoms with Crippen LogP contribution in [0, 0.1) is 0 Å². The number of nitrogens with one attached hydrogen (secondary N) is 1. The smallest absolute Gasteiger partial charge is 0.466 e. The molecule has 2 aromatic rings. The number of benzene rings is 2. The fourth-order valence-electron chi connectivity index (χ4n) is 2.75. The summed E-state index contributed by atoms with van der Waals surface area (Å²) < 4.78 is 52.8. The number of rotatable bonds is 10. The van der Waals surface area contributed by atoms with Crippen LogP contribution in [-0.2, 0) is 41.7 Å². The van der Waals surface area contributed by atoms with Crippen molar-refractivity contribution in [1.82, 2.24) is 5.32 Å². The first kappa shape index (κ1) is 27.1. The molecule has 2 rings (SSSR count). The molecule has 186 valence electrons. The van der Waals surface area contributed by atoms with Crippen molar-refractivity contribution >= 4 is 23.8 Å². The average molecular weight is 493 g/mol. The summed E-state index contributed by atoms with van der Waals surface area (Å²) in [5.41, 5.74) is 0.863. The second-order valence-electron chi connectivity index (χ2n) is 7.21. The molecule has 1 amide bonds. The van der Waals surface area contributed by atoms with E-state index < -0.39 is 42.5 Å². The number of hydrogen-bond acceptors (Lipinski definition) is 7. The highest BCUT2D eigenvalue weighted by atomic mass is 19.4. The van der Waals surface area contributed by atoms with Gasteiger partial charge in [0.15, 0.2) is 0 Å². The predicted octanol–water partition coefficient (Wildman–Crippen LogP) is 3.04. The van der Waals surface area contributed by atoms with Gasteiger partial charge in [0.25, 0.3) is 0 Å². The van der Waals surface area contributed by atoms with Gasteiger partial charge in [-0.3, -0.25) is 9.59 Å². The molecule has 0 aliphatic rings. The zero-order chi connectivity index (χ0) is 26.0. The molecule has 1 N–H and O–H groups in total. The topological polar surface area (TPSA) is 108 Å². The van der Waals surface area contributed by atoms with Crippen LogP contribution in [-0.4, -0.2) is 43.1 Å². The molecule has 0 aliphatic carbocycles. The molecule has 0 spiro atoms. The van der Waals surface area contributed by atoms with Crippen molar-refractivity contribution in [3.05, 3.63) is 77.9 Å². The van der Waals surface area contributed by atoms with E-state index >= 15 is 0 Å². The molecule has 0 radical (unpaired) electrons. The molecule has 0 aliphatic heterocycles. The van der Waals surface area contributed by atoms with Crippen molar-refractivity contribution in [2.24, 2.45) is 0 Å². The normalized spacial score (nSPS) is 11.7. The highest BCUT2D eigenvalue weighted by molar-refractivity contribution is 5.93. The molecule has 0 saturated carbocycles. The molecule has 0 heterocycles. The largest absolute Gasteiger partial charge is 0.471 e. The predicted molar refractivity (Wildman–Crippen MR) is 116 cm³/mol. The lowest BCUT2D eigenvalue weighted by Crippen LogP contribution is -2.48. The van der Waals surface area contributed by atoms with Crippen LogP contribution >= 0.6 is 0 Å². The van der Waals surface area contributed by atoms with Gasteiger partial charge in [-0.15, -0.1) is 0 Å². The Hall–Kier alpha value is -4.15. The van der Waals surface area contributed by atoms with Gasteiger partial charge in [0.2, 0.25) is 0 Å². The SMILES string of the molecule is C=C(CC(=O)Oc1ccc(C[C@H](NC(=O)C(F)(F)F)C(=O)OCc2ccccc2)cc1)C(=O)OC. The van der Waals surface area contributed by atoms with E-state index in [4.69, 9.17) is 9.47 Å². The molecular formula is C24H22F3NO7. The number of esters is 3. The molecule has 35 heavy (non-hydrogen) atoms. The summed E-state index contributed by atoms with van der Waals surface area (Å²) in [6.07, 6.45) is -5.92. The summed E-state index contributed by atoms with van der Waals surface area (Å²) in [5.74, 6) is -4.80. The van der Waals surface area contributed by atoms with E-state index in [1.54, 1.807) is 35.6 Å². The maximum atomic E-state index is 12.8. The monoisotopic (exact) mass is 493 g/mol. The van der Waals surface area contributed by atoms with Crippen molar-refractivity contribution in [2.75, 3.05) is 7.11 Å². The zero-order valence-electron chi connectivity index (χ0n) is 18.6. The highest BCUT2D eigenvalue weighted by Gasteiger charge is 2.41. The first-order valence-corrected chi connectivity index (χ1v) is 10.1. The Balaban J connectivity index is 2.05. The quantitative estimate of drug-likeness (QED) is 0.308. The molecule has 2 aromatic carbocycles. The van der Waals surface area contributed by atoms with Gasteiger partial charge in [-0.25, -0.2) is 9.59 Å². The highest BCUT2D eigenvalue weighted by Crippen LogP contribution is 2.18. The second kappa shape index (κ2) is 12.4. The number of hydrogen-bond donors (Lipinski definition) is 1. The third-order valence-electron chi connectivity index (χ3n) is 4.50. The number of alkyl halides is 3. The summed E-state index contributed by atoms with van der Waals surface area (Å²) >= 11 is 0. The van der Waals surface area contributed by atoms with Crippen LogP contribution in [0.2, 0.25) is 0 Å². The second-order valence-corrected chi connectivity index (χ2v) is 7.21. The van der Waals surface area contributed by atoms with Crippen molar-refractivity contribution in [3.63, 3.8) is 0 Å². The summed E-state index contributed by atoms with van der Waals surface area (Å²) in [6.45, 7) is 3.22. The van der Waals surface area contributed by atoms with Gasteiger partial charge in [0, 0.05) is 12.0 Å². The number of methoxy groups -OCH3 is 1. The van der Waals surface area contributed by atoms with Crippen molar-refractivity contribution in [3.8, 4) is 5.75 Å².